The van der Waals surface area contributed by atoms with Crippen LogP contribution in [0.2, 0.25) is 0 Å². The second kappa shape index (κ2) is 11.8. The van der Waals surface area contributed by atoms with Crippen LogP contribution in [0, 0.1) is 32.9 Å². The zero-order valence-corrected chi connectivity index (χ0v) is 29.8. The van der Waals surface area contributed by atoms with Crippen LogP contribution >= 0.6 is 0 Å². The average Bonchev–Trinajstić information content (AvgIpc) is 3.60. The van der Waals surface area contributed by atoms with Gasteiger partial charge >= 0.3 is 21.1 Å². The number of aryl methyl sites for hydroxylation is 3. The molecule has 0 saturated heterocycles. The molecule has 3 heterocycles. The van der Waals surface area contributed by atoms with Gasteiger partial charge in [0, 0.05) is 23.2 Å². The molecule has 5 nitrogen and oxygen atoms in total. The van der Waals surface area contributed by atoms with Crippen molar-refractivity contribution < 1.29 is 30.5 Å². The molecule has 0 spiro atoms. The summed E-state index contributed by atoms with van der Waals surface area (Å²) in [4.78, 5) is 9.85. The van der Waals surface area contributed by atoms with Gasteiger partial charge in [0.1, 0.15) is 17.8 Å². The van der Waals surface area contributed by atoms with Crippen molar-refractivity contribution >= 4 is 27.7 Å². The second-order valence-electron chi connectivity index (χ2n) is 13.9. The molecule has 2 aromatic heterocycles. The zero-order valence-electron chi connectivity index (χ0n) is 27.5. The molecule has 0 unspecified atom stereocenters. The van der Waals surface area contributed by atoms with Gasteiger partial charge in [-0.25, -0.2) is 4.98 Å². The number of fused-ring (bicyclic) bond motifs is 6. The van der Waals surface area contributed by atoms with Crippen molar-refractivity contribution in [1.29, 1.82) is 0 Å². The Labute approximate surface area is 290 Å². The fourth-order valence-electron chi connectivity index (χ4n) is 7.01. The van der Waals surface area contributed by atoms with Crippen LogP contribution in [0.4, 0.5) is 0 Å². The Hall–Kier alpha value is -4.21. The molecule has 0 N–H and O–H groups in total. The third-order valence-corrected chi connectivity index (χ3v) is 9.40. The summed E-state index contributed by atoms with van der Waals surface area (Å²) in [6, 6.07) is 32.7. The summed E-state index contributed by atoms with van der Waals surface area (Å²) in [5.74, 6) is 2.72. The SMILES string of the molecule is Cc1cc(Oc2[c-]c3c(cc2)c2cc(C)ccc2n3-c2cc(C(C)(C)C)ccn2)[c-]c(C2=N[C@@H]3CCc4c(C)cccc4[C@@H]3O2)c1.[Pt+2]. The number of aliphatic imine (C=N–C) groups is 1. The molecule has 4 aromatic carbocycles. The Morgan fingerprint density at radius 3 is 2.55 bits per heavy atom. The van der Waals surface area contributed by atoms with Gasteiger partial charge in [-0.05, 0) is 77.9 Å². The van der Waals surface area contributed by atoms with Crippen LogP contribution in [0.5, 0.6) is 11.5 Å². The fraction of sp³-hybridized carbons (Fsp3) is 0.268. The van der Waals surface area contributed by atoms with Crippen LogP contribution in [0.25, 0.3) is 27.6 Å². The second-order valence-corrected chi connectivity index (χ2v) is 13.9. The van der Waals surface area contributed by atoms with Crippen molar-refractivity contribution in [2.75, 3.05) is 0 Å². The molecule has 2 atom stereocenters. The molecular weight excluding hydrogens is 762 g/mol. The van der Waals surface area contributed by atoms with E-state index in [0.29, 0.717) is 17.4 Å². The monoisotopic (exact) mass is 798 g/mol. The zero-order chi connectivity index (χ0) is 31.7. The summed E-state index contributed by atoms with van der Waals surface area (Å²) >= 11 is 0. The summed E-state index contributed by atoms with van der Waals surface area (Å²) in [5, 5.41) is 2.27. The molecule has 47 heavy (non-hydrogen) atoms. The number of aromatic nitrogens is 2. The van der Waals surface area contributed by atoms with E-state index in [1.54, 1.807) is 0 Å². The van der Waals surface area contributed by atoms with Gasteiger partial charge in [0.25, 0.3) is 0 Å². The van der Waals surface area contributed by atoms with E-state index in [1.165, 1.54) is 33.2 Å². The van der Waals surface area contributed by atoms with Gasteiger partial charge in [-0.1, -0.05) is 86.8 Å². The van der Waals surface area contributed by atoms with Crippen molar-refractivity contribution in [2.24, 2.45) is 4.99 Å². The third kappa shape index (κ3) is 5.59. The molecule has 6 heteroatoms. The first kappa shape index (κ1) is 31.4. The molecule has 8 rings (SSSR count). The van der Waals surface area contributed by atoms with E-state index in [2.05, 4.69) is 119 Å². The smallest absolute Gasteiger partial charge is 0.510 e. The summed E-state index contributed by atoms with van der Waals surface area (Å²) in [5.41, 5.74) is 10.3. The molecule has 0 bridgehead atoms. The Bertz CT molecular complexity index is 2210. The average molecular weight is 799 g/mol. The number of pyridine rings is 1. The molecule has 238 valence electrons. The van der Waals surface area contributed by atoms with Gasteiger partial charge in [-0.2, -0.15) is 6.07 Å². The standard InChI is InChI=1S/C41H37N3O2.Pt/c1-24-10-15-36-34(20-24)32-12-11-29(23-37(32)44(36)38-22-28(16-17-42-38)41(4,5)6)45-30-19-25(2)18-27(21-30)40-43-35-14-13-31-26(3)8-7-9-33(31)39(35)46-40;/h7-12,15-20,22,35,39H,13-14H2,1-6H3;/q-2;+2/t35-,39+;/m1./s1. The first-order valence-corrected chi connectivity index (χ1v) is 16.1. The van der Waals surface area contributed by atoms with Crippen molar-refractivity contribution in [3.8, 4) is 17.3 Å². The predicted molar refractivity (Wildman–Crippen MR) is 185 cm³/mol. The molecule has 0 amide bonds. The van der Waals surface area contributed by atoms with E-state index < -0.39 is 0 Å². The van der Waals surface area contributed by atoms with Crippen LogP contribution in [-0.2, 0) is 37.6 Å². The van der Waals surface area contributed by atoms with Gasteiger partial charge in [-0.3, -0.25) is 4.99 Å². The van der Waals surface area contributed by atoms with Crippen LogP contribution in [-0.4, -0.2) is 21.5 Å². The largest absolute Gasteiger partial charge is 2.00 e. The molecule has 0 saturated carbocycles. The van der Waals surface area contributed by atoms with Gasteiger partial charge in [0.05, 0.1) is 6.04 Å². The van der Waals surface area contributed by atoms with Gasteiger partial charge < -0.3 is 14.0 Å². The molecular formula is C41H37N3O2Pt. The fourth-order valence-corrected chi connectivity index (χ4v) is 7.01. The maximum atomic E-state index is 6.54. The minimum absolute atomic E-state index is 0. The third-order valence-electron chi connectivity index (χ3n) is 9.40. The number of rotatable bonds is 4. The number of hydrogen-bond donors (Lipinski definition) is 0. The van der Waals surface area contributed by atoms with E-state index in [9.17, 15) is 0 Å². The Morgan fingerprint density at radius 1 is 0.872 bits per heavy atom. The Morgan fingerprint density at radius 2 is 1.72 bits per heavy atom. The number of nitrogens with zero attached hydrogens (tertiary/aromatic N) is 3. The van der Waals surface area contributed by atoms with E-state index in [0.717, 1.165) is 46.2 Å². The number of hydrogen-bond acceptors (Lipinski definition) is 4. The molecule has 1 aliphatic carbocycles. The van der Waals surface area contributed by atoms with Gasteiger partial charge in [-0.15, -0.1) is 29.1 Å². The van der Waals surface area contributed by atoms with Crippen LogP contribution < -0.4 is 4.74 Å². The predicted octanol–water partition coefficient (Wildman–Crippen LogP) is 9.62. The molecule has 6 aromatic rings. The van der Waals surface area contributed by atoms with Crippen molar-refractivity contribution in [3.05, 3.63) is 130 Å². The Kier molecular flexibility index (Phi) is 7.87. The minimum atomic E-state index is -0.0522. The van der Waals surface area contributed by atoms with Crippen molar-refractivity contribution in [1.82, 2.24) is 9.55 Å². The summed E-state index contributed by atoms with van der Waals surface area (Å²) in [7, 11) is 0. The van der Waals surface area contributed by atoms with Crippen LogP contribution in [0.3, 0.4) is 0 Å². The molecule has 0 radical (unpaired) electrons. The van der Waals surface area contributed by atoms with E-state index >= 15 is 0 Å². The summed E-state index contributed by atoms with van der Waals surface area (Å²) in [6.07, 6.45) is 3.86. The minimum Gasteiger partial charge on any atom is -0.510 e. The summed E-state index contributed by atoms with van der Waals surface area (Å²) < 4.78 is 15.2. The van der Waals surface area contributed by atoms with E-state index in [-0.39, 0.29) is 38.6 Å². The molecule has 2 aliphatic rings. The Balaban J connectivity index is 0.00000351. The van der Waals surface area contributed by atoms with Crippen molar-refractivity contribution in [2.45, 2.75) is 71.9 Å². The topological polar surface area (TPSA) is 48.6 Å². The first-order valence-electron chi connectivity index (χ1n) is 16.1. The van der Waals surface area contributed by atoms with E-state index in [4.69, 9.17) is 19.5 Å². The first-order chi connectivity index (χ1) is 22.1. The van der Waals surface area contributed by atoms with Gasteiger partial charge in [0.2, 0.25) is 0 Å². The normalized spacial score (nSPS) is 17.1. The van der Waals surface area contributed by atoms with Crippen LogP contribution in [0.1, 0.15) is 72.2 Å². The quantitative estimate of drug-likeness (QED) is 0.167. The maximum Gasteiger partial charge on any atom is 2.00 e. The van der Waals surface area contributed by atoms with Gasteiger partial charge in [0.15, 0.2) is 0 Å². The molecule has 0 fully saturated rings. The number of ether oxygens (including phenoxy) is 2. The summed E-state index contributed by atoms with van der Waals surface area (Å²) in [6.45, 7) is 13.0. The van der Waals surface area contributed by atoms with E-state index in [1.807, 2.05) is 18.3 Å². The molecule has 1 aliphatic heterocycles. The van der Waals surface area contributed by atoms with Crippen molar-refractivity contribution in [3.63, 3.8) is 0 Å². The number of benzene rings is 4. The van der Waals surface area contributed by atoms with Crippen LogP contribution in [0.15, 0.2) is 84.0 Å². The maximum absolute atomic E-state index is 6.54.